The molecule has 1 amide bonds. The maximum Gasteiger partial charge on any atom is 0.241 e. The number of para-hydroxylation sites is 2. The molecule has 0 spiro atoms. The Kier molecular flexibility index (Phi) is 4.39. The zero-order valence-corrected chi connectivity index (χ0v) is 11.2. The topological polar surface area (TPSA) is 78.6 Å². The fourth-order valence-electron chi connectivity index (χ4n) is 2.38. The quantitative estimate of drug-likeness (QED) is 0.706. The number of likely N-dealkylation sites (tertiary alicyclic amines) is 1. The summed E-state index contributed by atoms with van der Waals surface area (Å²) >= 11 is 0. The van der Waals surface area contributed by atoms with Gasteiger partial charge >= 0.3 is 0 Å². The molecule has 2 rings (SSSR count). The number of hydrogen-bond acceptors (Lipinski definition) is 4. The predicted octanol–water partition coefficient (Wildman–Crippen LogP) is 0.910. The zero-order chi connectivity index (χ0) is 13.8. The van der Waals surface area contributed by atoms with Crippen molar-refractivity contribution < 1.29 is 9.90 Å². The van der Waals surface area contributed by atoms with Crippen LogP contribution in [0.3, 0.4) is 0 Å². The molecule has 19 heavy (non-hydrogen) atoms. The van der Waals surface area contributed by atoms with E-state index in [4.69, 9.17) is 10.8 Å². The molecule has 2 atom stereocenters. The number of nitrogen functional groups attached to an aromatic ring is 1. The lowest BCUT2D eigenvalue weighted by atomic mass is 10.1. The number of anilines is 2. The molecule has 0 saturated carbocycles. The summed E-state index contributed by atoms with van der Waals surface area (Å²) in [5.41, 5.74) is 7.02. The molecule has 0 aromatic heterocycles. The predicted molar refractivity (Wildman–Crippen MR) is 75.7 cm³/mol. The molecule has 1 aliphatic rings. The molecular weight excluding hydrogens is 242 g/mol. The van der Waals surface area contributed by atoms with Crippen LogP contribution in [0.15, 0.2) is 24.3 Å². The van der Waals surface area contributed by atoms with Gasteiger partial charge in [-0.15, -0.1) is 0 Å². The third-order valence-corrected chi connectivity index (χ3v) is 3.72. The van der Waals surface area contributed by atoms with Gasteiger partial charge in [-0.05, 0) is 37.9 Å². The second kappa shape index (κ2) is 6.04. The highest BCUT2D eigenvalue weighted by molar-refractivity contribution is 5.97. The number of rotatable bonds is 4. The first-order chi connectivity index (χ1) is 9.11. The average molecular weight is 263 g/mol. The molecule has 0 aliphatic carbocycles. The number of nitrogens with zero attached hydrogens (tertiary/aromatic N) is 1. The summed E-state index contributed by atoms with van der Waals surface area (Å²) < 4.78 is 0. The minimum atomic E-state index is -0.212. The van der Waals surface area contributed by atoms with Crippen LogP contribution in [0.1, 0.15) is 13.3 Å². The highest BCUT2D eigenvalue weighted by Crippen LogP contribution is 2.20. The molecule has 5 nitrogen and oxygen atoms in total. The van der Waals surface area contributed by atoms with E-state index in [1.165, 1.54) is 0 Å². The number of amides is 1. The smallest absolute Gasteiger partial charge is 0.241 e. The van der Waals surface area contributed by atoms with E-state index in [0.717, 1.165) is 19.5 Å². The highest BCUT2D eigenvalue weighted by atomic mass is 16.3. The number of aliphatic hydroxyl groups excluding tert-OH is 1. The lowest BCUT2D eigenvalue weighted by Gasteiger charge is -2.23. The van der Waals surface area contributed by atoms with Crippen molar-refractivity contribution in [2.75, 3.05) is 30.7 Å². The lowest BCUT2D eigenvalue weighted by molar-refractivity contribution is -0.120. The molecule has 0 bridgehead atoms. The molecule has 1 aromatic carbocycles. The fraction of sp³-hybridized carbons (Fsp3) is 0.500. The van der Waals surface area contributed by atoms with Gasteiger partial charge in [0.15, 0.2) is 0 Å². The maximum absolute atomic E-state index is 12.2. The van der Waals surface area contributed by atoms with Gasteiger partial charge in [0.1, 0.15) is 0 Å². The first kappa shape index (κ1) is 13.8. The van der Waals surface area contributed by atoms with E-state index in [1.807, 2.05) is 19.1 Å². The van der Waals surface area contributed by atoms with Gasteiger partial charge in [-0.1, -0.05) is 12.1 Å². The van der Waals surface area contributed by atoms with E-state index in [-0.39, 0.29) is 24.5 Å². The molecule has 1 aromatic rings. The highest BCUT2D eigenvalue weighted by Gasteiger charge is 2.29. The number of aliphatic hydroxyl groups is 1. The monoisotopic (exact) mass is 263 g/mol. The van der Waals surface area contributed by atoms with Crippen molar-refractivity contribution in [1.29, 1.82) is 0 Å². The molecule has 1 heterocycles. The Morgan fingerprint density at radius 2 is 2.32 bits per heavy atom. The Morgan fingerprint density at radius 3 is 2.95 bits per heavy atom. The maximum atomic E-state index is 12.2. The third kappa shape index (κ3) is 3.24. The molecular formula is C14H21N3O2. The Balaban J connectivity index is 1.95. The van der Waals surface area contributed by atoms with Crippen molar-refractivity contribution in [1.82, 2.24) is 4.90 Å². The summed E-state index contributed by atoms with van der Waals surface area (Å²) in [6, 6.07) is 7.02. The Labute approximate surface area is 113 Å². The van der Waals surface area contributed by atoms with Gasteiger partial charge in [0.2, 0.25) is 5.91 Å². The van der Waals surface area contributed by atoms with Crippen LogP contribution in [0.2, 0.25) is 0 Å². The van der Waals surface area contributed by atoms with E-state index >= 15 is 0 Å². The van der Waals surface area contributed by atoms with Crippen LogP contribution in [0.25, 0.3) is 0 Å². The zero-order valence-electron chi connectivity index (χ0n) is 11.2. The summed E-state index contributed by atoms with van der Waals surface area (Å²) in [6.07, 6.45) is 0.946. The molecule has 104 valence electrons. The summed E-state index contributed by atoms with van der Waals surface area (Å²) in [5, 5.41) is 12.0. The van der Waals surface area contributed by atoms with Crippen molar-refractivity contribution in [2.45, 2.75) is 19.4 Å². The van der Waals surface area contributed by atoms with E-state index < -0.39 is 0 Å². The number of carbonyl (C=O) groups is 1. The molecule has 4 N–H and O–H groups in total. The van der Waals surface area contributed by atoms with Crippen molar-refractivity contribution >= 4 is 17.3 Å². The van der Waals surface area contributed by atoms with E-state index in [2.05, 4.69) is 10.2 Å². The summed E-state index contributed by atoms with van der Waals surface area (Å²) in [7, 11) is 0. The normalized spacial score (nSPS) is 21.3. The molecule has 2 unspecified atom stereocenters. The number of carbonyl (C=O) groups excluding carboxylic acids is 1. The first-order valence-electron chi connectivity index (χ1n) is 6.62. The SMILES string of the molecule is CC(C(=O)Nc1ccccc1N)N1CCC(CO)C1. The number of hydrogen-bond donors (Lipinski definition) is 3. The van der Waals surface area contributed by atoms with E-state index in [0.29, 0.717) is 11.4 Å². The average Bonchev–Trinajstić information content (AvgIpc) is 2.89. The van der Waals surface area contributed by atoms with Crippen LogP contribution >= 0.6 is 0 Å². The van der Waals surface area contributed by atoms with Gasteiger partial charge in [-0.25, -0.2) is 0 Å². The van der Waals surface area contributed by atoms with Crippen LogP contribution in [0, 0.1) is 5.92 Å². The number of benzene rings is 1. The van der Waals surface area contributed by atoms with Crippen molar-refractivity contribution in [2.24, 2.45) is 5.92 Å². The Hall–Kier alpha value is -1.59. The Morgan fingerprint density at radius 1 is 1.58 bits per heavy atom. The van der Waals surface area contributed by atoms with Crippen LogP contribution in [0.4, 0.5) is 11.4 Å². The van der Waals surface area contributed by atoms with Crippen LogP contribution in [-0.2, 0) is 4.79 Å². The minimum absolute atomic E-state index is 0.0588. The summed E-state index contributed by atoms with van der Waals surface area (Å²) in [5.74, 6) is 0.230. The molecule has 1 fully saturated rings. The van der Waals surface area contributed by atoms with E-state index in [1.54, 1.807) is 12.1 Å². The van der Waals surface area contributed by atoms with E-state index in [9.17, 15) is 4.79 Å². The molecule has 5 heteroatoms. The van der Waals surface area contributed by atoms with Crippen molar-refractivity contribution in [3.63, 3.8) is 0 Å². The van der Waals surface area contributed by atoms with Crippen LogP contribution < -0.4 is 11.1 Å². The molecule has 0 radical (unpaired) electrons. The summed E-state index contributed by atoms with van der Waals surface area (Å²) in [6.45, 7) is 3.70. The second-order valence-corrected chi connectivity index (χ2v) is 5.08. The molecule has 1 aliphatic heterocycles. The van der Waals surface area contributed by atoms with Crippen LogP contribution in [0.5, 0.6) is 0 Å². The largest absolute Gasteiger partial charge is 0.397 e. The van der Waals surface area contributed by atoms with Gasteiger partial charge in [0.25, 0.3) is 0 Å². The number of nitrogens with one attached hydrogen (secondary N) is 1. The van der Waals surface area contributed by atoms with Gasteiger partial charge in [-0.3, -0.25) is 9.69 Å². The molecule has 1 saturated heterocycles. The van der Waals surface area contributed by atoms with Crippen LogP contribution in [-0.4, -0.2) is 41.7 Å². The van der Waals surface area contributed by atoms with Crippen molar-refractivity contribution in [3.05, 3.63) is 24.3 Å². The minimum Gasteiger partial charge on any atom is -0.397 e. The second-order valence-electron chi connectivity index (χ2n) is 5.08. The van der Waals surface area contributed by atoms with Gasteiger partial charge in [0, 0.05) is 13.2 Å². The van der Waals surface area contributed by atoms with Gasteiger partial charge in [0.05, 0.1) is 17.4 Å². The fourth-order valence-corrected chi connectivity index (χ4v) is 2.38. The van der Waals surface area contributed by atoms with Gasteiger partial charge < -0.3 is 16.2 Å². The third-order valence-electron chi connectivity index (χ3n) is 3.72. The first-order valence-corrected chi connectivity index (χ1v) is 6.62. The Bertz CT molecular complexity index is 450. The number of nitrogens with two attached hydrogens (primary N) is 1. The summed E-state index contributed by atoms with van der Waals surface area (Å²) in [4.78, 5) is 14.3. The van der Waals surface area contributed by atoms with Crippen molar-refractivity contribution in [3.8, 4) is 0 Å². The lowest BCUT2D eigenvalue weighted by Crippen LogP contribution is -2.41. The standard InChI is InChI=1S/C14H21N3O2/c1-10(17-7-6-11(8-17)9-18)14(19)16-13-5-3-2-4-12(13)15/h2-5,10-11,18H,6-9,15H2,1H3,(H,16,19). The van der Waals surface area contributed by atoms with Gasteiger partial charge in [-0.2, -0.15) is 0 Å².